The van der Waals surface area contributed by atoms with Crippen LogP contribution in [0.4, 0.5) is 5.82 Å². The first-order valence-electron chi connectivity index (χ1n) is 14.5. The van der Waals surface area contributed by atoms with Gasteiger partial charge in [0.2, 0.25) is 15.7 Å². The fourth-order valence-corrected chi connectivity index (χ4v) is 7.63. The predicted octanol–water partition coefficient (Wildman–Crippen LogP) is 5.29. The minimum absolute atomic E-state index is 0.0338. The van der Waals surface area contributed by atoms with E-state index in [-0.39, 0.29) is 22.4 Å². The Kier molecular flexibility index (Phi) is 7.90. The molecule has 2 fully saturated rings. The van der Waals surface area contributed by atoms with E-state index in [1.54, 1.807) is 24.3 Å². The average Bonchev–Trinajstić information content (AvgIpc) is 3.05. The number of carbonyl (C=O) groups excluding carboxylic acids is 1. The molecule has 8 nitrogen and oxygen atoms in total. The Morgan fingerprint density at radius 2 is 1.36 bits per heavy atom. The molecular weight excluding hydrogens is 546 g/mol. The summed E-state index contributed by atoms with van der Waals surface area (Å²) in [5, 5.41) is 8.63. The smallest absolute Gasteiger partial charge is 0.225 e. The number of carbonyl (C=O) groups is 1. The van der Waals surface area contributed by atoms with Crippen molar-refractivity contribution in [3.8, 4) is 6.07 Å². The summed E-state index contributed by atoms with van der Waals surface area (Å²) in [5.41, 5.74) is 2.63. The van der Waals surface area contributed by atoms with E-state index in [0.717, 1.165) is 25.7 Å². The SMILES string of the molecule is N#C[C@H](c1nc2ccccc2nc1N1CCN(C(=O)C2CCC(c3ccccc3)CC2)CC1)S(=O)(=O)c1ccccc1. The van der Waals surface area contributed by atoms with E-state index in [2.05, 4.69) is 29.2 Å². The Morgan fingerprint density at radius 3 is 1.98 bits per heavy atom. The fourth-order valence-electron chi connectivity index (χ4n) is 6.23. The Hall–Kier alpha value is -4.29. The molecule has 6 rings (SSSR count). The van der Waals surface area contributed by atoms with Gasteiger partial charge in [0.15, 0.2) is 11.1 Å². The van der Waals surface area contributed by atoms with Crippen molar-refractivity contribution < 1.29 is 13.2 Å². The summed E-state index contributed by atoms with van der Waals surface area (Å²) in [6.45, 7) is 1.98. The van der Waals surface area contributed by atoms with Gasteiger partial charge in [0.1, 0.15) is 5.69 Å². The average molecular weight is 580 g/mol. The van der Waals surface area contributed by atoms with Gasteiger partial charge in [0.05, 0.1) is 22.0 Å². The van der Waals surface area contributed by atoms with Gasteiger partial charge < -0.3 is 9.80 Å². The molecule has 1 saturated heterocycles. The van der Waals surface area contributed by atoms with Crippen LogP contribution in [0.1, 0.15) is 48.1 Å². The van der Waals surface area contributed by atoms with Crippen LogP contribution in [0.25, 0.3) is 11.0 Å². The molecule has 1 aliphatic carbocycles. The van der Waals surface area contributed by atoms with E-state index in [4.69, 9.17) is 4.98 Å². The molecule has 2 heterocycles. The van der Waals surface area contributed by atoms with Crippen molar-refractivity contribution in [2.45, 2.75) is 41.7 Å². The molecule has 214 valence electrons. The van der Waals surface area contributed by atoms with Crippen LogP contribution in [-0.4, -0.2) is 55.4 Å². The van der Waals surface area contributed by atoms with E-state index < -0.39 is 15.1 Å². The van der Waals surface area contributed by atoms with Crippen molar-refractivity contribution in [1.82, 2.24) is 14.9 Å². The number of anilines is 1. The molecule has 0 bridgehead atoms. The lowest BCUT2D eigenvalue weighted by Crippen LogP contribution is -2.51. The highest BCUT2D eigenvalue weighted by Gasteiger charge is 2.37. The summed E-state index contributed by atoms with van der Waals surface area (Å²) in [4.78, 5) is 26.9. The van der Waals surface area contributed by atoms with E-state index in [0.29, 0.717) is 48.9 Å². The third-order valence-electron chi connectivity index (χ3n) is 8.56. The number of nitriles is 1. The second-order valence-corrected chi connectivity index (χ2v) is 13.1. The van der Waals surface area contributed by atoms with E-state index in [1.807, 2.05) is 40.1 Å². The van der Waals surface area contributed by atoms with Crippen LogP contribution in [0.3, 0.4) is 0 Å². The lowest BCUT2D eigenvalue weighted by Gasteiger charge is -2.39. The van der Waals surface area contributed by atoms with Gasteiger partial charge in [-0.05, 0) is 61.4 Å². The zero-order valence-electron chi connectivity index (χ0n) is 23.3. The van der Waals surface area contributed by atoms with Gasteiger partial charge in [-0.1, -0.05) is 60.7 Å². The molecule has 42 heavy (non-hydrogen) atoms. The van der Waals surface area contributed by atoms with Crippen molar-refractivity contribution in [3.05, 3.63) is 96.2 Å². The molecule has 0 N–H and O–H groups in total. The van der Waals surface area contributed by atoms with Gasteiger partial charge in [-0.3, -0.25) is 4.79 Å². The quantitative estimate of drug-likeness (QED) is 0.305. The Labute approximate surface area is 246 Å². The Balaban J connectivity index is 1.20. The largest absolute Gasteiger partial charge is 0.351 e. The zero-order chi connectivity index (χ0) is 29.1. The molecule has 0 unspecified atom stereocenters. The lowest BCUT2D eigenvalue weighted by molar-refractivity contribution is -0.137. The number of nitrogens with zero attached hydrogens (tertiary/aromatic N) is 5. The molecule has 4 aromatic rings. The molecular formula is C33H33N5O3S. The van der Waals surface area contributed by atoms with Gasteiger partial charge in [-0.15, -0.1) is 0 Å². The summed E-state index contributed by atoms with van der Waals surface area (Å²) in [6.07, 6.45) is 3.81. The Morgan fingerprint density at radius 1 is 0.786 bits per heavy atom. The van der Waals surface area contributed by atoms with Crippen LogP contribution in [0, 0.1) is 17.2 Å². The first kappa shape index (κ1) is 27.9. The van der Waals surface area contributed by atoms with Crippen LogP contribution in [0.2, 0.25) is 0 Å². The van der Waals surface area contributed by atoms with Crippen molar-refractivity contribution in [3.63, 3.8) is 0 Å². The number of fused-ring (bicyclic) bond motifs is 1. The topological polar surface area (TPSA) is 107 Å². The van der Waals surface area contributed by atoms with Gasteiger partial charge in [-0.25, -0.2) is 18.4 Å². The van der Waals surface area contributed by atoms with Crippen LogP contribution >= 0.6 is 0 Å². The summed E-state index contributed by atoms with van der Waals surface area (Å²) >= 11 is 0. The lowest BCUT2D eigenvalue weighted by atomic mass is 9.78. The molecule has 2 aliphatic rings. The summed E-state index contributed by atoms with van der Waals surface area (Å²) in [6, 6.07) is 27.8. The van der Waals surface area contributed by atoms with E-state index >= 15 is 0 Å². The molecule has 1 saturated carbocycles. The second kappa shape index (κ2) is 11.9. The van der Waals surface area contributed by atoms with Gasteiger partial charge >= 0.3 is 0 Å². The number of hydrogen-bond donors (Lipinski definition) is 0. The van der Waals surface area contributed by atoms with Gasteiger partial charge in [0.25, 0.3) is 0 Å². The molecule has 0 radical (unpaired) electrons. The number of sulfone groups is 1. The number of hydrogen-bond acceptors (Lipinski definition) is 7. The summed E-state index contributed by atoms with van der Waals surface area (Å²) < 4.78 is 27.2. The highest BCUT2D eigenvalue weighted by molar-refractivity contribution is 7.92. The highest BCUT2D eigenvalue weighted by Crippen LogP contribution is 2.37. The monoisotopic (exact) mass is 579 g/mol. The molecule has 1 amide bonds. The second-order valence-electron chi connectivity index (χ2n) is 11.1. The fraction of sp³-hybridized carbons (Fsp3) is 0.333. The Bertz CT molecular complexity index is 1710. The van der Waals surface area contributed by atoms with Crippen LogP contribution in [-0.2, 0) is 14.6 Å². The number of rotatable bonds is 6. The number of para-hydroxylation sites is 2. The summed E-state index contributed by atoms with van der Waals surface area (Å²) in [7, 11) is -4.05. The molecule has 9 heteroatoms. The van der Waals surface area contributed by atoms with Crippen molar-refractivity contribution in [2.24, 2.45) is 5.92 Å². The third-order valence-corrected chi connectivity index (χ3v) is 10.4. The van der Waals surface area contributed by atoms with Crippen molar-refractivity contribution in [1.29, 1.82) is 5.26 Å². The first-order chi connectivity index (χ1) is 20.5. The first-order valence-corrected chi connectivity index (χ1v) is 16.0. The minimum atomic E-state index is -4.05. The zero-order valence-corrected chi connectivity index (χ0v) is 24.2. The molecule has 3 aromatic carbocycles. The molecule has 1 aromatic heterocycles. The number of piperazine rings is 1. The van der Waals surface area contributed by atoms with E-state index in [1.165, 1.54) is 17.7 Å². The maximum Gasteiger partial charge on any atom is 0.225 e. The molecule has 1 atom stereocenters. The predicted molar refractivity (Wildman–Crippen MR) is 161 cm³/mol. The minimum Gasteiger partial charge on any atom is -0.351 e. The normalized spacial score (nSPS) is 20.2. The van der Waals surface area contributed by atoms with Gasteiger partial charge in [-0.2, -0.15) is 5.26 Å². The highest BCUT2D eigenvalue weighted by atomic mass is 32.2. The molecule has 0 spiro atoms. The standard InChI is InChI=1S/C33H33N5O3S/c34-23-30(42(40,41)27-11-5-2-6-12-27)31-32(36-29-14-8-7-13-28(29)35-31)37-19-21-38(22-20-37)33(39)26-17-15-25(16-18-26)24-9-3-1-4-10-24/h1-14,25-26,30H,15-22H2/t25?,26?,30-/m1/s1. The van der Waals surface area contributed by atoms with Crippen molar-refractivity contribution >= 4 is 32.6 Å². The van der Waals surface area contributed by atoms with Crippen molar-refractivity contribution in [2.75, 3.05) is 31.1 Å². The van der Waals surface area contributed by atoms with Gasteiger partial charge in [0, 0.05) is 32.1 Å². The number of aromatic nitrogens is 2. The van der Waals surface area contributed by atoms with E-state index in [9.17, 15) is 18.5 Å². The third kappa shape index (κ3) is 5.47. The number of amides is 1. The van der Waals surface area contributed by atoms with Crippen LogP contribution in [0.5, 0.6) is 0 Å². The van der Waals surface area contributed by atoms with Crippen LogP contribution in [0.15, 0.2) is 89.8 Å². The number of benzene rings is 3. The maximum atomic E-state index is 13.6. The molecule has 1 aliphatic heterocycles. The maximum absolute atomic E-state index is 13.6. The summed E-state index contributed by atoms with van der Waals surface area (Å²) in [5.74, 6) is 1.13. The van der Waals surface area contributed by atoms with Crippen LogP contribution < -0.4 is 4.90 Å².